The molecule has 0 saturated heterocycles. The summed E-state index contributed by atoms with van der Waals surface area (Å²) < 4.78 is 30.4. The van der Waals surface area contributed by atoms with E-state index < -0.39 is 28.3 Å². The summed E-state index contributed by atoms with van der Waals surface area (Å²) in [6.07, 6.45) is 7.86. The van der Waals surface area contributed by atoms with E-state index in [-0.39, 0.29) is 29.2 Å². The first-order valence-electron chi connectivity index (χ1n) is 12.4. The van der Waals surface area contributed by atoms with E-state index in [1.807, 2.05) is 0 Å². The van der Waals surface area contributed by atoms with Gasteiger partial charge in [-0.25, -0.2) is 0 Å². The third-order valence-corrected chi connectivity index (χ3v) is 10.3. The number of hydrogen-bond donors (Lipinski definition) is 5. The molecule has 2 bridgehead atoms. The molecular weight excluding hydrogens is 444 g/mol. The second-order valence-electron chi connectivity index (χ2n) is 11.2. The molecule has 0 aromatic carbocycles. The molecule has 6 N–H and O–H groups in total. The van der Waals surface area contributed by atoms with Gasteiger partial charge in [0.15, 0.2) is 0 Å². The highest BCUT2D eigenvalue weighted by molar-refractivity contribution is 7.87. The second kappa shape index (κ2) is 10.2. The molecule has 0 aromatic heterocycles. The van der Waals surface area contributed by atoms with E-state index >= 15 is 0 Å². The van der Waals surface area contributed by atoms with Gasteiger partial charge in [0, 0.05) is 6.04 Å². The standard InChI is InChI=1S/C23H42N4O5S/c1-22(2)16-10-11-23(22,3)19(14-16)25-20(28)18(13-15-7-6-8-15)27-33(31,32)26-17(21(29)30)9-4-5-12-24/h15-19,26-27H,4-14,24H2,1-3H3,(H,25,28)(H,29,30)/t16-,17+,18+,19+,23+/m1/s1. The van der Waals surface area contributed by atoms with Crippen molar-refractivity contribution in [3.63, 3.8) is 0 Å². The lowest BCUT2D eigenvalue weighted by Gasteiger charge is -2.40. The van der Waals surface area contributed by atoms with Gasteiger partial charge in [-0.1, -0.05) is 46.5 Å². The zero-order valence-corrected chi connectivity index (χ0v) is 21.0. The molecule has 3 aliphatic carbocycles. The Labute approximate surface area is 198 Å². The molecular formula is C23H42N4O5S. The summed E-state index contributed by atoms with van der Waals surface area (Å²) in [5.41, 5.74) is 5.58. The Morgan fingerprint density at radius 1 is 1.09 bits per heavy atom. The van der Waals surface area contributed by atoms with Gasteiger partial charge >= 0.3 is 5.97 Å². The van der Waals surface area contributed by atoms with Crippen molar-refractivity contribution in [3.8, 4) is 0 Å². The highest BCUT2D eigenvalue weighted by atomic mass is 32.2. The van der Waals surface area contributed by atoms with Crippen molar-refractivity contribution in [2.75, 3.05) is 6.54 Å². The van der Waals surface area contributed by atoms with Gasteiger partial charge in [-0.2, -0.15) is 17.9 Å². The first kappa shape index (κ1) is 26.4. The zero-order valence-electron chi connectivity index (χ0n) is 20.2. The topological polar surface area (TPSA) is 151 Å². The quantitative estimate of drug-likeness (QED) is 0.251. The summed E-state index contributed by atoms with van der Waals surface area (Å²) in [6.45, 7) is 7.19. The third-order valence-electron chi connectivity index (χ3n) is 9.06. The minimum atomic E-state index is -4.19. The molecule has 1 amide bonds. The van der Waals surface area contributed by atoms with Crippen molar-refractivity contribution in [3.05, 3.63) is 0 Å². The Hall–Kier alpha value is -1.23. The number of carboxylic acid groups (broad SMARTS) is 1. The SMILES string of the molecule is CC1(C)[C@@H]2CC[C@@]1(C)[C@@H](NC(=O)[C@H](CC1CCC1)NS(=O)(=O)N[C@@H](CCCCN)C(=O)O)C2. The number of nitrogens with one attached hydrogen (secondary N) is 3. The number of unbranched alkanes of at least 4 members (excludes halogenated alkanes) is 1. The van der Waals surface area contributed by atoms with Crippen LogP contribution in [-0.4, -0.2) is 50.1 Å². The summed E-state index contributed by atoms with van der Waals surface area (Å²) in [4.78, 5) is 24.9. The lowest BCUT2D eigenvalue weighted by atomic mass is 9.69. The van der Waals surface area contributed by atoms with Crippen molar-refractivity contribution in [2.24, 2.45) is 28.4 Å². The molecule has 0 aromatic rings. The number of hydrogen-bond acceptors (Lipinski definition) is 5. The van der Waals surface area contributed by atoms with E-state index in [1.54, 1.807) is 0 Å². The molecule has 9 nitrogen and oxygen atoms in total. The molecule has 0 unspecified atom stereocenters. The minimum Gasteiger partial charge on any atom is -0.480 e. The van der Waals surface area contributed by atoms with Gasteiger partial charge in [-0.05, 0) is 67.7 Å². The summed E-state index contributed by atoms with van der Waals surface area (Å²) in [7, 11) is -4.19. The Morgan fingerprint density at radius 2 is 1.76 bits per heavy atom. The maximum Gasteiger partial charge on any atom is 0.321 e. The lowest BCUT2D eigenvalue weighted by Crippen LogP contribution is -2.57. The van der Waals surface area contributed by atoms with Crippen LogP contribution in [0.4, 0.5) is 0 Å². The van der Waals surface area contributed by atoms with Crippen molar-refractivity contribution in [2.45, 2.75) is 103 Å². The summed E-state index contributed by atoms with van der Waals surface area (Å²) >= 11 is 0. The smallest absolute Gasteiger partial charge is 0.321 e. The van der Waals surface area contributed by atoms with Gasteiger partial charge < -0.3 is 16.2 Å². The van der Waals surface area contributed by atoms with Gasteiger partial charge in [0.1, 0.15) is 12.1 Å². The van der Waals surface area contributed by atoms with Crippen molar-refractivity contribution in [1.29, 1.82) is 0 Å². The van der Waals surface area contributed by atoms with E-state index in [1.165, 1.54) is 6.42 Å². The average Bonchev–Trinajstić information content (AvgIpc) is 3.02. The van der Waals surface area contributed by atoms with Gasteiger partial charge in [-0.15, -0.1) is 0 Å². The number of aliphatic carboxylic acids is 1. The Kier molecular flexibility index (Phi) is 8.13. The van der Waals surface area contributed by atoms with Crippen LogP contribution in [0.25, 0.3) is 0 Å². The summed E-state index contributed by atoms with van der Waals surface area (Å²) in [6, 6.07) is -2.16. The van der Waals surface area contributed by atoms with Crippen LogP contribution in [-0.2, 0) is 19.8 Å². The normalized spacial score (nSPS) is 30.5. The molecule has 0 heterocycles. The number of nitrogens with two attached hydrogens (primary N) is 1. The average molecular weight is 487 g/mol. The predicted octanol–water partition coefficient (Wildman–Crippen LogP) is 1.88. The molecule has 0 spiro atoms. The Morgan fingerprint density at radius 3 is 2.24 bits per heavy atom. The first-order chi connectivity index (χ1) is 15.4. The van der Waals surface area contributed by atoms with E-state index in [9.17, 15) is 23.1 Å². The van der Waals surface area contributed by atoms with Crippen LogP contribution in [0.2, 0.25) is 0 Å². The van der Waals surface area contributed by atoms with E-state index in [0.29, 0.717) is 37.6 Å². The van der Waals surface area contributed by atoms with Gasteiger partial charge in [-0.3, -0.25) is 9.59 Å². The maximum atomic E-state index is 13.3. The number of carboxylic acids is 1. The minimum absolute atomic E-state index is 0.0110. The molecule has 3 aliphatic rings. The van der Waals surface area contributed by atoms with E-state index in [2.05, 4.69) is 35.5 Å². The fourth-order valence-corrected chi connectivity index (χ4v) is 7.34. The van der Waals surface area contributed by atoms with Crippen LogP contribution in [0, 0.1) is 22.7 Å². The molecule has 10 heteroatoms. The van der Waals surface area contributed by atoms with Crippen LogP contribution in [0.3, 0.4) is 0 Å². The van der Waals surface area contributed by atoms with Gasteiger partial charge in [0.05, 0.1) is 0 Å². The number of fused-ring (bicyclic) bond motifs is 2. The summed E-state index contributed by atoms with van der Waals surface area (Å²) in [5, 5.41) is 12.6. The largest absolute Gasteiger partial charge is 0.480 e. The number of amides is 1. The molecule has 3 fully saturated rings. The highest BCUT2D eigenvalue weighted by Crippen LogP contribution is 2.65. The lowest BCUT2D eigenvalue weighted by molar-refractivity contribution is -0.139. The fourth-order valence-electron chi connectivity index (χ4n) is 6.10. The van der Waals surface area contributed by atoms with Crippen LogP contribution >= 0.6 is 0 Å². The van der Waals surface area contributed by atoms with Crippen LogP contribution in [0.5, 0.6) is 0 Å². The monoisotopic (exact) mass is 486 g/mol. The highest BCUT2D eigenvalue weighted by Gasteiger charge is 2.61. The molecule has 3 rings (SSSR count). The zero-order chi connectivity index (χ0) is 24.4. The third kappa shape index (κ3) is 5.71. The van der Waals surface area contributed by atoms with Crippen molar-refractivity contribution >= 4 is 22.1 Å². The van der Waals surface area contributed by atoms with Gasteiger partial charge in [0.25, 0.3) is 10.2 Å². The maximum absolute atomic E-state index is 13.3. The summed E-state index contributed by atoms with van der Waals surface area (Å²) in [5.74, 6) is -0.692. The van der Waals surface area contributed by atoms with Crippen LogP contribution < -0.4 is 20.5 Å². The molecule has 3 saturated carbocycles. The van der Waals surface area contributed by atoms with Crippen LogP contribution in [0.1, 0.15) is 85.0 Å². The molecule has 0 aliphatic heterocycles. The second-order valence-corrected chi connectivity index (χ2v) is 12.6. The first-order valence-corrected chi connectivity index (χ1v) is 13.9. The Balaban J connectivity index is 1.67. The van der Waals surface area contributed by atoms with Gasteiger partial charge in [0.2, 0.25) is 5.91 Å². The van der Waals surface area contributed by atoms with Crippen molar-refractivity contribution < 1.29 is 23.1 Å². The number of rotatable bonds is 13. The number of carbonyl (C=O) groups excluding carboxylic acids is 1. The molecule has 33 heavy (non-hydrogen) atoms. The Bertz CT molecular complexity index is 829. The molecule has 190 valence electrons. The van der Waals surface area contributed by atoms with Crippen molar-refractivity contribution in [1.82, 2.24) is 14.8 Å². The number of carbonyl (C=O) groups is 2. The van der Waals surface area contributed by atoms with E-state index in [4.69, 9.17) is 5.73 Å². The predicted molar refractivity (Wildman–Crippen MR) is 126 cm³/mol. The molecule has 0 radical (unpaired) electrons. The van der Waals surface area contributed by atoms with Crippen LogP contribution in [0.15, 0.2) is 0 Å². The fraction of sp³-hybridized carbons (Fsp3) is 0.913. The molecule has 5 atom stereocenters. The van der Waals surface area contributed by atoms with E-state index in [0.717, 1.165) is 32.1 Å².